The second-order valence-corrected chi connectivity index (χ2v) is 5.13. The molecule has 0 radical (unpaired) electrons. The Morgan fingerprint density at radius 2 is 2.00 bits per heavy atom. The van der Waals surface area contributed by atoms with Crippen LogP contribution in [0.25, 0.3) is 11.4 Å². The summed E-state index contributed by atoms with van der Waals surface area (Å²) in [6.07, 6.45) is 0. The summed E-state index contributed by atoms with van der Waals surface area (Å²) in [6, 6.07) is 9.62. The number of benzene rings is 1. The van der Waals surface area contributed by atoms with E-state index in [0.29, 0.717) is 16.8 Å². The zero-order valence-corrected chi connectivity index (χ0v) is 12.2. The van der Waals surface area contributed by atoms with E-state index < -0.39 is 0 Å². The number of nitrogens with zero attached hydrogens (tertiary/aromatic N) is 2. The van der Waals surface area contributed by atoms with Crippen molar-refractivity contribution in [2.75, 3.05) is 11.9 Å². The minimum absolute atomic E-state index is 0.360. The molecule has 1 aromatic carbocycles. The molecule has 0 aliphatic heterocycles. The van der Waals surface area contributed by atoms with Gasteiger partial charge in [0.1, 0.15) is 5.82 Å². The molecule has 19 heavy (non-hydrogen) atoms. The quantitative estimate of drug-likeness (QED) is 0.901. The Balaban J connectivity index is 2.49. The van der Waals surface area contributed by atoms with E-state index >= 15 is 0 Å². The van der Waals surface area contributed by atoms with Crippen LogP contribution in [0.15, 0.2) is 30.3 Å². The third-order valence-corrected chi connectivity index (χ3v) is 3.01. The van der Waals surface area contributed by atoms with Crippen molar-refractivity contribution in [2.45, 2.75) is 26.7 Å². The largest absolute Gasteiger partial charge is 0.370 e. The van der Waals surface area contributed by atoms with Crippen molar-refractivity contribution in [3.63, 3.8) is 0 Å². The first-order valence-corrected chi connectivity index (χ1v) is 6.86. The Morgan fingerprint density at radius 3 is 2.63 bits per heavy atom. The van der Waals surface area contributed by atoms with Crippen LogP contribution < -0.4 is 5.32 Å². The number of anilines is 1. The topological polar surface area (TPSA) is 37.8 Å². The zero-order valence-electron chi connectivity index (χ0n) is 11.4. The van der Waals surface area contributed by atoms with Gasteiger partial charge in [-0.2, -0.15) is 0 Å². The highest BCUT2D eigenvalue weighted by atomic mass is 35.5. The second-order valence-electron chi connectivity index (χ2n) is 4.70. The van der Waals surface area contributed by atoms with Gasteiger partial charge in [-0.25, -0.2) is 9.97 Å². The Bertz CT molecular complexity index is 567. The van der Waals surface area contributed by atoms with Gasteiger partial charge in [0.2, 0.25) is 0 Å². The Labute approximate surface area is 119 Å². The molecule has 4 heteroatoms. The molecule has 0 amide bonds. The maximum absolute atomic E-state index is 6.03. The lowest BCUT2D eigenvalue weighted by Gasteiger charge is -2.11. The molecule has 0 aliphatic rings. The minimum atomic E-state index is 0.360. The van der Waals surface area contributed by atoms with Crippen molar-refractivity contribution in [1.82, 2.24) is 9.97 Å². The summed E-state index contributed by atoms with van der Waals surface area (Å²) in [5.74, 6) is 1.93. The van der Waals surface area contributed by atoms with Gasteiger partial charge in [-0.3, -0.25) is 0 Å². The molecule has 0 spiro atoms. The first kappa shape index (κ1) is 13.8. The lowest BCUT2D eigenvalue weighted by atomic mass is 10.1. The van der Waals surface area contributed by atoms with Gasteiger partial charge in [0.05, 0.1) is 0 Å². The Hall–Kier alpha value is -1.61. The third kappa shape index (κ3) is 3.44. The van der Waals surface area contributed by atoms with Crippen LogP contribution in [0.4, 0.5) is 5.82 Å². The summed E-state index contributed by atoms with van der Waals surface area (Å²) >= 11 is 6.03. The summed E-state index contributed by atoms with van der Waals surface area (Å²) in [7, 11) is 0. The van der Waals surface area contributed by atoms with Gasteiger partial charge in [-0.05, 0) is 25.0 Å². The summed E-state index contributed by atoms with van der Waals surface area (Å²) in [4.78, 5) is 9.15. The normalized spacial score (nSPS) is 10.8. The van der Waals surface area contributed by atoms with Crippen LogP contribution in [-0.2, 0) is 0 Å². The van der Waals surface area contributed by atoms with Crippen LogP contribution in [0.3, 0.4) is 0 Å². The highest BCUT2D eigenvalue weighted by Gasteiger charge is 2.09. The van der Waals surface area contributed by atoms with Crippen LogP contribution in [0, 0.1) is 0 Å². The molecule has 0 saturated carbocycles. The maximum atomic E-state index is 6.03. The molecule has 1 N–H and O–H groups in total. The van der Waals surface area contributed by atoms with Crippen LogP contribution in [0.5, 0.6) is 0 Å². The number of hydrogen-bond acceptors (Lipinski definition) is 3. The van der Waals surface area contributed by atoms with E-state index in [1.165, 1.54) is 0 Å². The number of rotatable bonds is 4. The van der Waals surface area contributed by atoms with Crippen LogP contribution in [-0.4, -0.2) is 16.5 Å². The maximum Gasteiger partial charge on any atom is 0.161 e. The van der Waals surface area contributed by atoms with Crippen molar-refractivity contribution in [3.8, 4) is 11.4 Å². The lowest BCUT2D eigenvalue weighted by molar-refractivity contribution is 0.817. The Kier molecular flexibility index (Phi) is 4.38. The van der Waals surface area contributed by atoms with Crippen molar-refractivity contribution < 1.29 is 0 Å². The molecule has 3 nitrogen and oxygen atoms in total. The van der Waals surface area contributed by atoms with E-state index in [9.17, 15) is 0 Å². The lowest BCUT2D eigenvalue weighted by Crippen LogP contribution is -2.05. The average Bonchev–Trinajstić information content (AvgIpc) is 2.38. The molecule has 100 valence electrons. The van der Waals surface area contributed by atoms with Crippen LogP contribution in [0.1, 0.15) is 32.4 Å². The van der Waals surface area contributed by atoms with Gasteiger partial charge < -0.3 is 5.32 Å². The van der Waals surface area contributed by atoms with Crippen molar-refractivity contribution in [2.24, 2.45) is 0 Å². The summed E-state index contributed by atoms with van der Waals surface area (Å²) in [5.41, 5.74) is 1.97. The van der Waals surface area contributed by atoms with E-state index in [-0.39, 0.29) is 0 Å². The van der Waals surface area contributed by atoms with E-state index in [1.54, 1.807) is 0 Å². The van der Waals surface area contributed by atoms with E-state index in [1.807, 2.05) is 30.3 Å². The first-order chi connectivity index (χ1) is 9.10. The van der Waals surface area contributed by atoms with E-state index in [0.717, 1.165) is 23.6 Å². The highest BCUT2D eigenvalue weighted by molar-refractivity contribution is 6.30. The third-order valence-electron chi connectivity index (χ3n) is 2.78. The van der Waals surface area contributed by atoms with Crippen molar-refractivity contribution in [3.05, 3.63) is 41.0 Å². The first-order valence-electron chi connectivity index (χ1n) is 6.49. The molecule has 2 rings (SSSR count). The fourth-order valence-corrected chi connectivity index (χ4v) is 1.98. The molecule has 0 unspecified atom stereocenters. The van der Waals surface area contributed by atoms with Crippen LogP contribution in [0.2, 0.25) is 5.02 Å². The van der Waals surface area contributed by atoms with Crippen LogP contribution >= 0.6 is 11.6 Å². The molecule has 0 atom stereocenters. The highest BCUT2D eigenvalue weighted by Crippen LogP contribution is 2.23. The fraction of sp³-hybridized carbons (Fsp3) is 0.333. The SMILES string of the molecule is CCNc1cc(C(C)C)nc(-c2cccc(Cl)c2)n1. The van der Waals surface area contributed by atoms with Crippen molar-refractivity contribution >= 4 is 17.4 Å². The molecule has 0 saturated heterocycles. The average molecular weight is 276 g/mol. The predicted octanol–water partition coefficient (Wildman–Crippen LogP) is 4.35. The number of nitrogens with one attached hydrogen (secondary N) is 1. The fourth-order valence-electron chi connectivity index (χ4n) is 1.79. The Morgan fingerprint density at radius 1 is 1.21 bits per heavy atom. The standard InChI is InChI=1S/C15H18ClN3/c1-4-17-14-9-13(10(2)3)18-15(19-14)11-6-5-7-12(16)8-11/h5-10H,4H2,1-3H3,(H,17,18,19). The molecule has 1 heterocycles. The van der Waals surface area contributed by atoms with Gasteiger partial charge in [0, 0.05) is 28.9 Å². The summed E-state index contributed by atoms with van der Waals surface area (Å²) in [6.45, 7) is 7.14. The van der Waals surface area contributed by atoms with E-state index in [4.69, 9.17) is 11.6 Å². The molecular weight excluding hydrogens is 258 g/mol. The smallest absolute Gasteiger partial charge is 0.161 e. The number of hydrogen-bond donors (Lipinski definition) is 1. The zero-order chi connectivity index (χ0) is 13.8. The number of halogens is 1. The molecule has 2 aromatic rings. The molecule has 1 aromatic heterocycles. The predicted molar refractivity (Wildman–Crippen MR) is 80.7 cm³/mol. The summed E-state index contributed by atoms with van der Waals surface area (Å²) < 4.78 is 0. The molecule has 0 aliphatic carbocycles. The van der Waals surface area contributed by atoms with Gasteiger partial charge in [-0.1, -0.05) is 37.6 Å². The molecular formula is C15H18ClN3. The van der Waals surface area contributed by atoms with Gasteiger partial charge >= 0.3 is 0 Å². The van der Waals surface area contributed by atoms with Gasteiger partial charge in [0.25, 0.3) is 0 Å². The minimum Gasteiger partial charge on any atom is -0.370 e. The van der Waals surface area contributed by atoms with E-state index in [2.05, 4.69) is 36.1 Å². The van der Waals surface area contributed by atoms with Gasteiger partial charge in [-0.15, -0.1) is 0 Å². The van der Waals surface area contributed by atoms with Crippen molar-refractivity contribution in [1.29, 1.82) is 0 Å². The molecule has 0 fully saturated rings. The molecule has 0 bridgehead atoms. The number of aromatic nitrogens is 2. The monoisotopic (exact) mass is 275 g/mol. The second kappa shape index (κ2) is 6.02. The summed E-state index contributed by atoms with van der Waals surface area (Å²) in [5, 5.41) is 3.94. The van der Waals surface area contributed by atoms with Gasteiger partial charge in [0.15, 0.2) is 5.82 Å².